The molecular weight excluding hydrogens is 304 g/mol. The third-order valence-electron chi connectivity index (χ3n) is 4.87. The lowest BCUT2D eigenvalue weighted by Crippen LogP contribution is -2.18. The van der Waals surface area contributed by atoms with Crippen molar-refractivity contribution in [2.75, 3.05) is 34.0 Å². The third-order valence-corrected chi connectivity index (χ3v) is 4.87. The summed E-state index contributed by atoms with van der Waals surface area (Å²) in [6.07, 6.45) is 14.5. The Balaban J connectivity index is 2.10. The molecule has 4 nitrogen and oxygen atoms in total. The maximum Gasteiger partial charge on any atom is 0.157 e. The molecule has 0 N–H and O–H groups in total. The van der Waals surface area contributed by atoms with Crippen molar-refractivity contribution >= 4 is 0 Å². The van der Waals surface area contributed by atoms with Gasteiger partial charge in [0, 0.05) is 27.2 Å². The first-order chi connectivity index (χ1) is 11.8. The minimum atomic E-state index is -0.0691. The predicted molar refractivity (Wildman–Crippen MR) is 98.3 cm³/mol. The first kappa shape index (κ1) is 21.9. The molecule has 0 saturated carbocycles. The van der Waals surface area contributed by atoms with Gasteiger partial charge in [0.15, 0.2) is 6.29 Å². The first-order valence-electron chi connectivity index (χ1n) is 10.0. The zero-order valence-electron chi connectivity index (χ0n) is 16.3. The summed E-state index contributed by atoms with van der Waals surface area (Å²) < 4.78 is 21.6. The molecule has 0 aromatic rings. The number of methoxy groups -OCH3 is 2. The lowest BCUT2D eigenvalue weighted by atomic mass is 9.92. The van der Waals surface area contributed by atoms with Crippen LogP contribution in [0.5, 0.6) is 0 Å². The Morgan fingerprint density at radius 1 is 0.917 bits per heavy atom. The number of hydrogen-bond donors (Lipinski definition) is 0. The summed E-state index contributed by atoms with van der Waals surface area (Å²) in [6.45, 7) is 4.76. The van der Waals surface area contributed by atoms with E-state index in [0.29, 0.717) is 12.0 Å². The molecule has 0 amide bonds. The number of hydrogen-bond acceptors (Lipinski definition) is 4. The molecule has 0 aromatic heterocycles. The average Bonchev–Trinajstić information content (AvgIpc) is 3.42. The van der Waals surface area contributed by atoms with Gasteiger partial charge in [-0.2, -0.15) is 0 Å². The van der Waals surface area contributed by atoms with Crippen molar-refractivity contribution in [3.05, 3.63) is 0 Å². The van der Waals surface area contributed by atoms with Crippen molar-refractivity contribution < 1.29 is 18.9 Å². The molecule has 1 heterocycles. The normalized spacial score (nSPS) is 18.2. The van der Waals surface area contributed by atoms with Crippen LogP contribution in [0.3, 0.4) is 0 Å². The van der Waals surface area contributed by atoms with Crippen LogP contribution in [0.1, 0.15) is 77.6 Å². The van der Waals surface area contributed by atoms with Crippen molar-refractivity contribution in [1.82, 2.24) is 0 Å². The van der Waals surface area contributed by atoms with Gasteiger partial charge in [-0.05, 0) is 18.8 Å². The van der Waals surface area contributed by atoms with Crippen LogP contribution in [0.2, 0.25) is 0 Å². The number of epoxide rings is 1. The van der Waals surface area contributed by atoms with Gasteiger partial charge in [-0.25, -0.2) is 0 Å². The highest BCUT2D eigenvalue weighted by atomic mass is 16.7. The van der Waals surface area contributed by atoms with Gasteiger partial charge < -0.3 is 18.9 Å². The summed E-state index contributed by atoms with van der Waals surface area (Å²) >= 11 is 0. The zero-order chi connectivity index (χ0) is 17.5. The van der Waals surface area contributed by atoms with Crippen molar-refractivity contribution in [2.24, 2.45) is 5.92 Å². The molecule has 0 bridgehead atoms. The molecular formula is C20H40O4. The summed E-state index contributed by atoms with van der Waals surface area (Å²) in [5.41, 5.74) is 0. The molecule has 2 atom stereocenters. The molecule has 1 aliphatic rings. The molecule has 1 aliphatic heterocycles. The summed E-state index contributed by atoms with van der Waals surface area (Å²) in [5.74, 6) is 0.673. The van der Waals surface area contributed by atoms with Crippen LogP contribution >= 0.6 is 0 Å². The van der Waals surface area contributed by atoms with Crippen LogP contribution in [0.25, 0.3) is 0 Å². The van der Waals surface area contributed by atoms with Gasteiger partial charge in [0.2, 0.25) is 0 Å². The molecule has 1 saturated heterocycles. The highest BCUT2D eigenvalue weighted by Crippen LogP contribution is 2.23. The van der Waals surface area contributed by atoms with E-state index in [2.05, 4.69) is 6.92 Å². The molecule has 24 heavy (non-hydrogen) atoms. The van der Waals surface area contributed by atoms with Gasteiger partial charge in [-0.15, -0.1) is 0 Å². The Labute approximate surface area is 149 Å². The summed E-state index contributed by atoms with van der Waals surface area (Å²) in [5, 5.41) is 0. The molecule has 1 rings (SSSR count). The number of unbranched alkanes of at least 4 members (excludes halogenated alkanes) is 6. The smallest absolute Gasteiger partial charge is 0.157 e. The third kappa shape index (κ3) is 12.2. The van der Waals surface area contributed by atoms with Crippen LogP contribution < -0.4 is 0 Å². The number of ether oxygens (including phenoxy) is 4. The van der Waals surface area contributed by atoms with Crippen LogP contribution in [-0.2, 0) is 18.9 Å². The average molecular weight is 345 g/mol. The lowest BCUT2D eigenvalue weighted by molar-refractivity contribution is -0.115. The molecule has 144 valence electrons. The van der Waals surface area contributed by atoms with Gasteiger partial charge >= 0.3 is 0 Å². The maximum atomic E-state index is 5.66. The second-order valence-corrected chi connectivity index (χ2v) is 7.09. The quantitative estimate of drug-likeness (QED) is 0.200. The van der Waals surface area contributed by atoms with E-state index in [4.69, 9.17) is 18.9 Å². The first-order valence-corrected chi connectivity index (χ1v) is 10.0. The Bertz CT molecular complexity index is 264. The summed E-state index contributed by atoms with van der Waals surface area (Å²) in [4.78, 5) is 0. The molecule has 0 radical (unpaired) electrons. The predicted octanol–water partition coefficient (Wildman–Crippen LogP) is 4.95. The van der Waals surface area contributed by atoms with Crippen LogP contribution in [0.15, 0.2) is 0 Å². The van der Waals surface area contributed by atoms with E-state index in [9.17, 15) is 0 Å². The SMILES string of the molecule is CCCCCCCCCC(CCCOCC1CO1)CC(OC)OC. The Kier molecular flexibility index (Phi) is 13.8. The van der Waals surface area contributed by atoms with E-state index in [1.807, 2.05) is 0 Å². The molecule has 1 fully saturated rings. The van der Waals surface area contributed by atoms with Crippen molar-refractivity contribution in [1.29, 1.82) is 0 Å². The lowest BCUT2D eigenvalue weighted by Gasteiger charge is -2.22. The second-order valence-electron chi connectivity index (χ2n) is 7.09. The fraction of sp³-hybridized carbons (Fsp3) is 1.00. The standard InChI is InChI=1S/C20H40O4/c1-4-5-6-7-8-9-10-12-18(15-20(21-2)22-3)13-11-14-23-16-19-17-24-19/h18-20H,4-17H2,1-3H3. The zero-order valence-corrected chi connectivity index (χ0v) is 16.3. The Morgan fingerprint density at radius 3 is 2.17 bits per heavy atom. The van der Waals surface area contributed by atoms with Gasteiger partial charge in [0.1, 0.15) is 6.10 Å². The highest BCUT2D eigenvalue weighted by molar-refractivity contribution is 4.67. The molecule has 0 aromatic carbocycles. The van der Waals surface area contributed by atoms with Crippen molar-refractivity contribution in [2.45, 2.75) is 89.9 Å². The van der Waals surface area contributed by atoms with Crippen LogP contribution in [0.4, 0.5) is 0 Å². The second kappa shape index (κ2) is 15.1. The fourth-order valence-corrected chi connectivity index (χ4v) is 3.18. The fourth-order valence-electron chi connectivity index (χ4n) is 3.18. The van der Waals surface area contributed by atoms with E-state index in [0.717, 1.165) is 32.7 Å². The van der Waals surface area contributed by atoms with Crippen LogP contribution in [-0.4, -0.2) is 46.4 Å². The topological polar surface area (TPSA) is 40.2 Å². The van der Waals surface area contributed by atoms with Gasteiger partial charge in [-0.3, -0.25) is 0 Å². The van der Waals surface area contributed by atoms with Crippen LogP contribution in [0, 0.1) is 5.92 Å². The van der Waals surface area contributed by atoms with E-state index < -0.39 is 0 Å². The van der Waals surface area contributed by atoms with Gasteiger partial charge in [-0.1, -0.05) is 58.3 Å². The minimum absolute atomic E-state index is 0.0691. The summed E-state index contributed by atoms with van der Waals surface area (Å²) in [6, 6.07) is 0. The van der Waals surface area contributed by atoms with Crippen molar-refractivity contribution in [3.63, 3.8) is 0 Å². The molecule has 2 unspecified atom stereocenters. The Hall–Kier alpha value is -0.160. The monoisotopic (exact) mass is 344 g/mol. The van der Waals surface area contributed by atoms with E-state index in [1.54, 1.807) is 14.2 Å². The maximum absolute atomic E-state index is 5.66. The summed E-state index contributed by atoms with van der Waals surface area (Å²) in [7, 11) is 3.47. The molecule has 0 aliphatic carbocycles. The van der Waals surface area contributed by atoms with Gasteiger partial charge in [0.05, 0.1) is 13.2 Å². The van der Waals surface area contributed by atoms with E-state index in [1.165, 1.54) is 57.8 Å². The minimum Gasteiger partial charge on any atom is -0.379 e. The van der Waals surface area contributed by atoms with Gasteiger partial charge in [0.25, 0.3) is 0 Å². The van der Waals surface area contributed by atoms with Crippen molar-refractivity contribution in [3.8, 4) is 0 Å². The Morgan fingerprint density at radius 2 is 1.54 bits per heavy atom. The molecule has 4 heteroatoms. The number of rotatable bonds is 18. The largest absolute Gasteiger partial charge is 0.379 e. The van der Waals surface area contributed by atoms with E-state index in [-0.39, 0.29) is 6.29 Å². The van der Waals surface area contributed by atoms with E-state index >= 15 is 0 Å². The highest BCUT2D eigenvalue weighted by Gasteiger charge is 2.22. The molecule has 0 spiro atoms.